The number of benzene rings is 1. The largest absolute Gasteiger partial charge is 0.454 e. The summed E-state index contributed by atoms with van der Waals surface area (Å²) in [6.07, 6.45) is 0. The quantitative estimate of drug-likeness (QED) is 0.656. The van der Waals surface area contributed by atoms with Crippen LogP contribution in [0.1, 0.15) is 10.4 Å². The van der Waals surface area contributed by atoms with Crippen molar-refractivity contribution in [3.63, 3.8) is 0 Å². The van der Waals surface area contributed by atoms with Crippen LogP contribution in [0.2, 0.25) is 0 Å². The minimum atomic E-state index is -5.71. The first kappa shape index (κ1) is 15.9. The molecule has 0 atom stereocenters. The number of carbonyl (C=O) groups is 1. The molecule has 1 rings (SSSR count). The highest BCUT2D eigenvalue weighted by atomic mass is 79.9. The second kappa shape index (κ2) is 5.47. The van der Waals surface area contributed by atoms with E-state index in [-0.39, 0.29) is 4.47 Å². The Morgan fingerprint density at radius 1 is 1.42 bits per heavy atom. The molecule has 1 aromatic carbocycles. The van der Waals surface area contributed by atoms with Crippen LogP contribution in [0.15, 0.2) is 22.7 Å². The van der Waals surface area contributed by atoms with Crippen LogP contribution in [-0.4, -0.2) is 30.8 Å². The highest BCUT2D eigenvalue weighted by molar-refractivity contribution is 9.10. The van der Waals surface area contributed by atoms with Gasteiger partial charge in [-0.3, -0.25) is 4.55 Å². The van der Waals surface area contributed by atoms with Crippen molar-refractivity contribution in [1.82, 2.24) is 0 Å². The van der Waals surface area contributed by atoms with Crippen LogP contribution >= 0.6 is 15.9 Å². The summed E-state index contributed by atoms with van der Waals surface area (Å²) in [4.78, 5) is 11.3. The summed E-state index contributed by atoms with van der Waals surface area (Å²) in [5, 5.41) is -4.66. The van der Waals surface area contributed by atoms with Crippen LogP contribution in [0.3, 0.4) is 0 Å². The number of hydrogen-bond acceptors (Lipinski definition) is 4. The van der Waals surface area contributed by atoms with Crippen LogP contribution in [0, 0.1) is 5.82 Å². The molecule has 0 fully saturated rings. The van der Waals surface area contributed by atoms with Gasteiger partial charge in [0.25, 0.3) is 0 Å². The van der Waals surface area contributed by atoms with E-state index < -0.39 is 39.3 Å². The van der Waals surface area contributed by atoms with Gasteiger partial charge in [-0.05, 0) is 28.1 Å². The number of hydrogen-bond donors (Lipinski definition) is 1. The summed E-state index contributed by atoms with van der Waals surface area (Å²) in [7, 11) is -5.71. The molecular formula is C9H6BrF3O5S. The topological polar surface area (TPSA) is 80.7 Å². The maximum Gasteiger partial charge on any atom is 0.402 e. The Hall–Kier alpha value is -1.13. The average Bonchev–Trinajstić information content (AvgIpc) is 2.28. The van der Waals surface area contributed by atoms with E-state index in [4.69, 9.17) is 4.55 Å². The minimum absolute atomic E-state index is 0.0940. The highest BCUT2D eigenvalue weighted by Gasteiger charge is 2.45. The number of esters is 1. The lowest BCUT2D eigenvalue weighted by molar-refractivity contribution is -0.00979. The summed E-state index contributed by atoms with van der Waals surface area (Å²) >= 11 is 2.77. The number of ether oxygens (including phenoxy) is 1. The van der Waals surface area contributed by atoms with E-state index in [1.165, 1.54) is 12.1 Å². The van der Waals surface area contributed by atoms with Gasteiger partial charge in [0.15, 0.2) is 12.4 Å². The van der Waals surface area contributed by atoms with Crippen LogP contribution < -0.4 is 0 Å². The van der Waals surface area contributed by atoms with Crippen LogP contribution in [0.25, 0.3) is 0 Å². The standard InChI is InChI=1S/C9H6BrF3O5S/c10-6-3-1-2-5(7(6)11)8(14)18-4-9(12,13)19(15,16)17/h1-3H,4H2,(H,15,16,17). The van der Waals surface area contributed by atoms with E-state index in [1.54, 1.807) is 0 Å². The van der Waals surface area contributed by atoms with E-state index >= 15 is 0 Å². The third-order valence-corrected chi connectivity index (χ3v) is 3.41. The zero-order valence-corrected chi connectivity index (χ0v) is 11.3. The predicted octanol–water partition coefficient (Wildman–Crippen LogP) is 2.23. The smallest absolute Gasteiger partial charge is 0.402 e. The summed E-state index contributed by atoms with van der Waals surface area (Å²) < 4.78 is 71.5. The van der Waals surface area contributed by atoms with Gasteiger partial charge in [-0.15, -0.1) is 0 Å². The number of carbonyl (C=O) groups excluding carboxylic acids is 1. The SMILES string of the molecule is O=C(OCC(F)(F)S(=O)(=O)O)c1cccc(Br)c1F. The first-order valence-corrected chi connectivity index (χ1v) is 6.75. The van der Waals surface area contributed by atoms with Gasteiger partial charge in [0.2, 0.25) is 0 Å². The molecule has 0 amide bonds. The lowest BCUT2D eigenvalue weighted by atomic mass is 10.2. The number of alkyl halides is 2. The number of halogens is 4. The Bertz CT molecular complexity index is 602. The summed E-state index contributed by atoms with van der Waals surface area (Å²) in [6.45, 7) is -1.92. The molecule has 0 spiro atoms. The first-order valence-electron chi connectivity index (χ1n) is 4.52. The van der Waals surface area contributed by atoms with Crippen molar-refractivity contribution in [2.24, 2.45) is 0 Å². The van der Waals surface area contributed by atoms with Gasteiger partial charge in [-0.2, -0.15) is 17.2 Å². The molecule has 0 heterocycles. The molecule has 1 aromatic rings. The third kappa shape index (κ3) is 3.67. The van der Waals surface area contributed by atoms with E-state index in [0.29, 0.717) is 0 Å². The lowest BCUT2D eigenvalue weighted by Crippen LogP contribution is -2.34. The summed E-state index contributed by atoms with van der Waals surface area (Å²) in [6, 6.07) is 3.48. The zero-order chi connectivity index (χ0) is 14.8. The predicted molar refractivity (Wildman–Crippen MR) is 60.9 cm³/mol. The second-order valence-corrected chi connectivity index (χ2v) is 5.69. The Kier molecular flexibility index (Phi) is 4.59. The molecule has 5 nitrogen and oxygen atoms in total. The van der Waals surface area contributed by atoms with Crippen molar-refractivity contribution in [2.75, 3.05) is 6.61 Å². The molecule has 0 aromatic heterocycles. The highest BCUT2D eigenvalue weighted by Crippen LogP contribution is 2.23. The summed E-state index contributed by atoms with van der Waals surface area (Å²) in [5.74, 6) is -2.52. The summed E-state index contributed by atoms with van der Waals surface area (Å²) in [5.41, 5.74) is -0.652. The molecule has 0 aliphatic rings. The Labute approximate surface area is 114 Å². The minimum Gasteiger partial charge on any atom is -0.454 e. The van der Waals surface area contributed by atoms with E-state index in [9.17, 15) is 26.4 Å². The third-order valence-electron chi connectivity index (χ3n) is 1.92. The van der Waals surface area contributed by atoms with Crippen LogP contribution in [0.5, 0.6) is 0 Å². The fraction of sp³-hybridized carbons (Fsp3) is 0.222. The fourth-order valence-electron chi connectivity index (χ4n) is 0.963. The second-order valence-electron chi connectivity index (χ2n) is 3.29. The first-order chi connectivity index (χ1) is 8.56. The van der Waals surface area contributed by atoms with Crippen molar-refractivity contribution in [3.8, 4) is 0 Å². The molecule has 0 saturated carbocycles. The molecule has 0 bridgehead atoms. The van der Waals surface area contributed by atoms with Gasteiger partial charge in [-0.25, -0.2) is 9.18 Å². The lowest BCUT2D eigenvalue weighted by Gasteiger charge is -2.13. The molecule has 1 N–H and O–H groups in total. The molecule has 10 heteroatoms. The van der Waals surface area contributed by atoms with Crippen molar-refractivity contribution >= 4 is 32.0 Å². The van der Waals surface area contributed by atoms with Gasteiger partial charge in [0.1, 0.15) is 0 Å². The van der Waals surface area contributed by atoms with Gasteiger partial charge in [0.05, 0.1) is 10.0 Å². The molecule has 0 aliphatic heterocycles. The fourth-order valence-corrected chi connectivity index (χ4v) is 1.54. The van der Waals surface area contributed by atoms with Crippen molar-refractivity contribution in [2.45, 2.75) is 5.25 Å². The monoisotopic (exact) mass is 362 g/mol. The number of rotatable bonds is 4. The molecule has 106 valence electrons. The van der Waals surface area contributed by atoms with Gasteiger partial charge in [-0.1, -0.05) is 6.07 Å². The van der Waals surface area contributed by atoms with Gasteiger partial charge in [0, 0.05) is 0 Å². The Morgan fingerprint density at radius 3 is 2.53 bits per heavy atom. The molecule has 0 aliphatic carbocycles. The maximum atomic E-state index is 13.4. The average molecular weight is 363 g/mol. The van der Waals surface area contributed by atoms with Crippen molar-refractivity contribution < 1.29 is 35.7 Å². The van der Waals surface area contributed by atoms with Crippen LogP contribution in [0.4, 0.5) is 13.2 Å². The van der Waals surface area contributed by atoms with Crippen molar-refractivity contribution in [3.05, 3.63) is 34.1 Å². The Balaban J connectivity index is 2.85. The molecule has 0 saturated heterocycles. The van der Waals surface area contributed by atoms with E-state index in [1.807, 2.05) is 0 Å². The Morgan fingerprint density at radius 2 is 2.00 bits per heavy atom. The van der Waals surface area contributed by atoms with Crippen molar-refractivity contribution in [1.29, 1.82) is 0 Å². The van der Waals surface area contributed by atoms with E-state index in [0.717, 1.165) is 6.07 Å². The molecule has 0 radical (unpaired) electrons. The molecule has 0 unspecified atom stereocenters. The maximum absolute atomic E-state index is 13.4. The van der Waals surface area contributed by atoms with E-state index in [2.05, 4.69) is 20.7 Å². The zero-order valence-electron chi connectivity index (χ0n) is 8.94. The van der Waals surface area contributed by atoms with Crippen LogP contribution in [-0.2, 0) is 14.9 Å². The normalized spacial score (nSPS) is 12.3. The van der Waals surface area contributed by atoms with Gasteiger partial charge >= 0.3 is 21.3 Å². The molecular weight excluding hydrogens is 357 g/mol. The molecule has 19 heavy (non-hydrogen) atoms. The van der Waals surface area contributed by atoms with Gasteiger partial charge < -0.3 is 4.74 Å².